The lowest BCUT2D eigenvalue weighted by molar-refractivity contribution is 0.0445. The SMILES string of the molecule is C=C(/N=C\C(=N/C)NCCNCCCF)[C@@H]1c2[nH]c3ccccc3c2C[C@@H](C)N1CC(F)F. The van der Waals surface area contributed by atoms with E-state index in [-0.39, 0.29) is 19.3 Å². The zero-order chi connectivity index (χ0) is 23.8. The van der Waals surface area contributed by atoms with E-state index in [0.717, 1.165) is 22.2 Å². The summed E-state index contributed by atoms with van der Waals surface area (Å²) >= 11 is 0. The predicted molar refractivity (Wildman–Crippen MR) is 129 cm³/mol. The Labute approximate surface area is 193 Å². The first-order valence-corrected chi connectivity index (χ1v) is 11.3. The first-order valence-electron chi connectivity index (χ1n) is 11.3. The quantitative estimate of drug-likeness (QED) is 0.270. The van der Waals surface area contributed by atoms with Crippen LogP contribution in [0.4, 0.5) is 13.2 Å². The van der Waals surface area contributed by atoms with E-state index in [1.807, 2.05) is 25.1 Å². The van der Waals surface area contributed by atoms with Crippen molar-refractivity contribution < 1.29 is 13.2 Å². The van der Waals surface area contributed by atoms with Crippen LogP contribution in [0.5, 0.6) is 0 Å². The van der Waals surface area contributed by atoms with Crippen LogP contribution in [-0.2, 0) is 6.42 Å². The van der Waals surface area contributed by atoms with E-state index in [0.29, 0.717) is 44.0 Å². The van der Waals surface area contributed by atoms with Crippen molar-refractivity contribution in [3.63, 3.8) is 0 Å². The van der Waals surface area contributed by atoms with Gasteiger partial charge in [-0.05, 0) is 37.9 Å². The molecule has 0 fully saturated rings. The molecule has 6 nitrogen and oxygen atoms in total. The molecular formula is C24H33F3N6. The Hall–Kier alpha value is -2.65. The molecule has 0 amide bonds. The maximum atomic E-state index is 13.5. The zero-order valence-electron chi connectivity index (χ0n) is 19.3. The zero-order valence-corrected chi connectivity index (χ0v) is 19.3. The van der Waals surface area contributed by atoms with Crippen molar-refractivity contribution in [1.29, 1.82) is 0 Å². The van der Waals surface area contributed by atoms with Crippen molar-refractivity contribution in [2.75, 3.05) is 39.9 Å². The third kappa shape index (κ3) is 6.23. The molecule has 3 rings (SSSR count). The standard InChI is InChI=1S/C24H33F3N6/c1-16-13-19-18-7-4-5-8-20(18)32-23(19)24(33(16)15-21(26)27)17(2)31-14-22(28-3)30-12-11-29-10-6-9-25/h4-5,7-8,14,16,21,24,29,32H,2,6,9-13,15H2,1,3H3,(H,28,30)/b31-14-/t16-,24-/m1/s1. The Balaban J connectivity index is 1.78. The molecule has 2 heterocycles. The second kappa shape index (κ2) is 12.0. The number of hydrogen-bond acceptors (Lipinski definition) is 4. The lowest BCUT2D eigenvalue weighted by Crippen LogP contribution is -2.45. The van der Waals surface area contributed by atoms with Gasteiger partial charge in [0.05, 0.1) is 31.2 Å². The Bertz CT molecular complexity index is 984. The number of aromatic nitrogens is 1. The smallest absolute Gasteiger partial charge is 0.251 e. The average Bonchev–Trinajstić information content (AvgIpc) is 3.16. The highest BCUT2D eigenvalue weighted by Crippen LogP contribution is 2.40. The lowest BCUT2D eigenvalue weighted by atomic mass is 9.91. The van der Waals surface area contributed by atoms with E-state index in [1.165, 1.54) is 0 Å². The number of alkyl halides is 3. The van der Waals surface area contributed by atoms with Crippen LogP contribution >= 0.6 is 0 Å². The normalized spacial score (nSPS) is 19.5. The van der Waals surface area contributed by atoms with Crippen LogP contribution < -0.4 is 10.6 Å². The summed E-state index contributed by atoms with van der Waals surface area (Å²) in [5.74, 6) is 0.560. The van der Waals surface area contributed by atoms with Gasteiger partial charge in [0.25, 0.3) is 6.43 Å². The fraction of sp³-hybridized carbons (Fsp3) is 0.500. The van der Waals surface area contributed by atoms with Crippen LogP contribution in [0.3, 0.4) is 0 Å². The van der Waals surface area contributed by atoms with Crippen molar-refractivity contribution >= 4 is 23.0 Å². The van der Waals surface area contributed by atoms with Crippen LogP contribution in [0.25, 0.3) is 10.9 Å². The van der Waals surface area contributed by atoms with Crippen LogP contribution in [0.15, 0.2) is 46.5 Å². The van der Waals surface area contributed by atoms with E-state index in [4.69, 9.17) is 0 Å². The van der Waals surface area contributed by atoms with E-state index in [2.05, 4.69) is 38.2 Å². The molecule has 1 aromatic heterocycles. The molecule has 180 valence electrons. The van der Waals surface area contributed by atoms with E-state index >= 15 is 0 Å². The molecule has 0 radical (unpaired) electrons. The van der Waals surface area contributed by atoms with Crippen molar-refractivity contribution in [3.8, 4) is 0 Å². The molecule has 1 aliphatic rings. The molecule has 33 heavy (non-hydrogen) atoms. The van der Waals surface area contributed by atoms with Gasteiger partial charge < -0.3 is 15.6 Å². The number of fused-ring (bicyclic) bond motifs is 3. The minimum absolute atomic E-state index is 0.0875. The summed E-state index contributed by atoms with van der Waals surface area (Å²) in [5, 5.41) is 7.40. The number of H-pyrrole nitrogens is 1. The van der Waals surface area contributed by atoms with Crippen LogP contribution in [0.2, 0.25) is 0 Å². The summed E-state index contributed by atoms with van der Waals surface area (Å²) in [5.41, 5.74) is 3.45. The molecule has 0 unspecified atom stereocenters. The van der Waals surface area contributed by atoms with Crippen molar-refractivity contribution in [2.24, 2.45) is 9.98 Å². The van der Waals surface area contributed by atoms with Crippen molar-refractivity contribution in [3.05, 3.63) is 47.8 Å². The number of rotatable bonds is 11. The summed E-state index contributed by atoms with van der Waals surface area (Å²) in [6.45, 7) is 7.30. The molecule has 0 saturated carbocycles. The monoisotopic (exact) mass is 462 g/mol. The Morgan fingerprint density at radius 1 is 1.30 bits per heavy atom. The minimum atomic E-state index is -2.46. The topological polar surface area (TPSA) is 67.8 Å². The number of benzene rings is 1. The highest BCUT2D eigenvalue weighted by atomic mass is 19.3. The first kappa shape index (κ1) is 25.0. The van der Waals surface area contributed by atoms with Gasteiger partial charge >= 0.3 is 0 Å². The van der Waals surface area contributed by atoms with Gasteiger partial charge in [-0.15, -0.1) is 0 Å². The first-order chi connectivity index (χ1) is 16.0. The van der Waals surface area contributed by atoms with E-state index in [9.17, 15) is 13.2 Å². The maximum absolute atomic E-state index is 13.5. The molecule has 2 atom stereocenters. The van der Waals surface area contributed by atoms with Gasteiger partial charge in [-0.1, -0.05) is 24.8 Å². The molecule has 0 saturated heterocycles. The largest absolute Gasteiger partial charge is 0.368 e. The molecule has 0 spiro atoms. The summed E-state index contributed by atoms with van der Waals surface area (Å²) < 4.78 is 39.0. The van der Waals surface area contributed by atoms with E-state index < -0.39 is 12.5 Å². The second-order valence-electron chi connectivity index (χ2n) is 8.18. The number of aromatic amines is 1. The highest BCUT2D eigenvalue weighted by molar-refractivity contribution is 6.29. The number of nitrogens with one attached hydrogen (secondary N) is 3. The highest BCUT2D eigenvalue weighted by Gasteiger charge is 2.37. The average molecular weight is 463 g/mol. The third-order valence-electron chi connectivity index (χ3n) is 5.87. The fourth-order valence-corrected chi connectivity index (χ4v) is 4.30. The van der Waals surface area contributed by atoms with Crippen molar-refractivity contribution in [1.82, 2.24) is 20.5 Å². The number of halogens is 3. The Morgan fingerprint density at radius 3 is 2.82 bits per heavy atom. The lowest BCUT2D eigenvalue weighted by Gasteiger charge is -2.40. The van der Waals surface area contributed by atoms with Crippen LogP contribution in [0.1, 0.15) is 30.6 Å². The second-order valence-corrected chi connectivity index (χ2v) is 8.18. The number of hydrogen-bond donors (Lipinski definition) is 3. The van der Waals surface area contributed by atoms with Crippen molar-refractivity contribution in [2.45, 2.75) is 38.3 Å². The van der Waals surface area contributed by atoms with Gasteiger partial charge in [0.2, 0.25) is 0 Å². The Morgan fingerprint density at radius 2 is 2.09 bits per heavy atom. The van der Waals surface area contributed by atoms with E-state index in [1.54, 1.807) is 18.2 Å². The van der Waals surface area contributed by atoms with Gasteiger partial charge in [-0.25, -0.2) is 8.78 Å². The molecular weight excluding hydrogens is 429 g/mol. The summed E-state index contributed by atoms with van der Waals surface area (Å²) in [4.78, 5) is 13.9. The van der Waals surface area contributed by atoms with Crippen LogP contribution in [-0.4, -0.2) is 74.3 Å². The van der Waals surface area contributed by atoms with Crippen LogP contribution in [0, 0.1) is 0 Å². The number of para-hydroxylation sites is 1. The maximum Gasteiger partial charge on any atom is 0.251 e. The molecule has 1 aromatic carbocycles. The number of aliphatic imine (C=N–C) groups is 2. The molecule has 2 aromatic rings. The van der Waals surface area contributed by atoms with Gasteiger partial charge in [-0.3, -0.25) is 19.3 Å². The summed E-state index contributed by atoms with van der Waals surface area (Å²) in [6.07, 6.45) is 0.280. The Kier molecular flexibility index (Phi) is 9.08. The molecule has 1 aliphatic heterocycles. The minimum Gasteiger partial charge on any atom is -0.368 e. The van der Waals surface area contributed by atoms with Gasteiger partial charge in [0.15, 0.2) is 0 Å². The summed E-state index contributed by atoms with van der Waals surface area (Å²) in [7, 11) is 1.65. The fourth-order valence-electron chi connectivity index (χ4n) is 4.30. The summed E-state index contributed by atoms with van der Waals surface area (Å²) in [6, 6.07) is 7.41. The third-order valence-corrected chi connectivity index (χ3v) is 5.87. The number of nitrogens with zero attached hydrogens (tertiary/aromatic N) is 3. The molecule has 0 bridgehead atoms. The molecule has 3 N–H and O–H groups in total. The molecule has 0 aliphatic carbocycles. The predicted octanol–water partition coefficient (Wildman–Crippen LogP) is 3.87. The number of amidine groups is 1. The van der Waals surface area contributed by atoms with Gasteiger partial charge in [-0.2, -0.15) is 0 Å². The van der Waals surface area contributed by atoms with Gasteiger partial charge in [0.1, 0.15) is 5.84 Å². The molecule has 9 heteroatoms. The van der Waals surface area contributed by atoms with Gasteiger partial charge in [0, 0.05) is 42.8 Å².